The fraction of sp³-hybridized carbons (Fsp3) is 0.0526. The number of primary amides is 1. The maximum atomic E-state index is 11.5. The van der Waals surface area contributed by atoms with Gasteiger partial charge in [0.25, 0.3) is 5.91 Å². The van der Waals surface area contributed by atoms with Gasteiger partial charge in [-0.3, -0.25) is 9.78 Å². The number of hydrogen-bond acceptors (Lipinski definition) is 6. The predicted octanol–water partition coefficient (Wildman–Crippen LogP) is 1.76. The lowest BCUT2D eigenvalue weighted by Crippen LogP contribution is -2.13. The molecule has 0 saturated heterocycles. The summed E-state index contributed by atoms with van der Waals surface area (Å²) in [5.41, 5.74) is 8.06. The molecule has 0 bridgehead atoms. The number of aromatic nitrogens is 4. The zero-order valence-electron chi connectivity index (χ0n) is 14.0. The maximum Gasteiger partial charge on any atom is 0.252 e. The molecule has 1 unspecified atom stereocenters. The number of amides is 1. The largest absolute Gasteiger partial charge is 0.461 e. The van der Waals surface area contributed by atoms with Gasteiger partial charge in [0.1, 0.15) is 5.75 Å². The molecule has 0 aliphatic rings. The Morgan fingerprint density at radius 2 is 2.00 bits per heavy atom. The standard InChI is InChI=1S/C19H14N5O3/c20-17(25)15-7-8-16(24-18(15)22-11-23-24)12-3-5-14(6-4-12)27-19(26)13-2-1-9-21-10-13/h1-10,19,26H,(H2,20,25). The van der Waals surface area contributed by atoms with Crippen LogP contribution in [-0.2, 0) is 0 Å². The van der Waals surface area contributed by atoms with Crippen molar-refractivity contribution in [2.45, 2.75) is 6.29 Å². The lowest BCUT2D eigenvalue weighted by molar-refractivity contribution is -0.0196. The van der Waals surface area contributed by atoms with Crippen molar-refractivity contribution in [2.75, 3.05) is 0 Å². The molecule has 0 spiro atoms. The van der Waals surface area contributed by atoms with Crippen LogP contribution in [0.15, 0.2) is 60.9 Å². The van der Waals surface area contributed by atoms with Crippen LogP contribution in [0.1, 0.15) is 22.2 Å². The minimum absolute atomic E-state index is 0.270. The van der Waals surface area contributed by atoms with Crippen LogP contribution >= 0.6 is 0 Å². The Morgan fingerprint density at radius 3 is 2.70 bits per heavy atom. The number of benzene rings is 1. The lowest BCUT2D eigenvalue weighted by Gasteiger charge is -2.14. The number of ether oxygens (including phenoxy) is 1. The van der Waals surface area contributed by atoms with E-state index >= 15 is 0 Å². The number of aliphatic hydroxyl groups excluding tert-OH is 1. The van der Waals surface area contributed by atoms with E-state index < -0.39 is 12.2 Å². The van der Waals surface area contributed by atoms with Gasteiger partial charge in [-0.15, -0.1) is 5.10 Å². The van der Waals surface area contributed by atoms with Crippen LogP contribution in [0, 0.1) is 6.33 Å². The summed E-state index contributed by atoms with van der Waals surface area (Å²) in [6, 6.07) is 13.9. The zero-order chi connectivity index (χ0) is 18.8. The number of hydrogen-bond donors (Lipinski definition) is 2. The highest BCUT2D eigenvalue weighted by molar-refractivity contribution is 5.99. The van der Waals surface area contributed by atoms with Crippen molar-refractivity contribution in [3.8, 4) is 17.0 Å². The highest BCUT2D eigenvalue weighted by Crippen LogP contribution is 2.26. The average Bonchev–Trinajstić information content (AvgIpc) is 3.18. The molecule has 133 valence electrons. The summed E-state index contributed by atoms with van der Waals surface area (Å²) in [5.74, 6) is -0.0913. The normalized spacial score (nSPS) is 12.0. The molecule has 3 N–H and O–H groups in total. The van der Waals surface area contributed by atoms with Crippen molar-refractivity contribution in [1.82, 2.24) is 19.6 Å². The molecule has 4 rings (SSSR count). The van der Waals surface area contributed by atoms with E-state index in [0.717, 1.165) is 5.56 Å². The van der Waals surface area contributed by atoms with Gasteiger partial charge in [0.2, 0.25) is 12.6 Å². The van der Waals surface area contributed by atoms with Crippen LogP contribution in [0.2, 0.25) is 0 Å². The SMILES string of the molecule is NC(=O)c1ccc(-c2ccc(OC(O)c3cccnc3)cc2)n2n[c]nc12. The van der Waals surface area contributed by atoms with Gasteiger partial charge in [-0.2, -0.15) is 0 Å². The molecule has 0 aliphatic heterocycles. The number of nitrogens with zero attached hydrogens (tertiary/aromatic N) is 4. The number of nitrogens with two attached hydrogens (primary N) is 1. The summed E-state index contributed by atoms with van der Waals surface area (Å²) in [6.07, 6.45) is 4.54. The first-order valence-corrected chi connectivity index (χ1v) is 8.04. The van der Waals surface area contributed by atoms with Gasteiger partial charge >= 0.3 is 0 Å². The minimum Gasteiger partial charge on any atom is -0.461 e. The summed E-state index contributed by atoms with van der Waals surface area (Å²) in [4.78, 5) is 19.4. The number of pyridine rings is 2. The Balaban J connectivity index is 1.61. The van der Waals surface area contributed by atoms with Crippen LogP contribution in [0.25, 0.3) is 16.9 Å². The molecular formula is C19H14N5O3. The Kier molecular flexibility index (Phi) is 4.23. The van der Waals surface area contributed by atoms with Gasteiger partial charge in [0.05, 0.1) is 11.3 Å². The summed E-state index contributed by atoms with van der Waals surface area (Å²) < 4.78 is 7.03. The van der Waals surface area contributed by atoms with E-state index in [-0.39, 0.29) is 5.56 Å². The monoisotopic (exact) mass is 360 g/mol. The molecule has 1 aromatic carbocycles. The predicted molar refractivity (Wildman–Crippen MR) is 95.6 cm³/mol. The zero-order valence-corrected chi connectivity index (χ0v) is 14.0. The third kappa shape index (κ3) is 3.21. The molecule has 3 heterocycles. The fourth-order valence-corrected chi connectivity index (χ4v) is 2.69. The number of aliphatic hydroxyl groups is 1. The smallest absolute Gasteiger partial charge is 0.252 e. The molecule has 3 aromatic heterocycles. The topological polar surface area (TPSA) is 116 Å². The third-order valence-corrected chi connectivity index (χ3v) is 4.01. The second-order valence-corrected chi connectivity index (χ2v) is 5.72. The quantitative estimate of drug-likeness (QED) is 0.524. The molecular weight excluding hydrogens is 346 g/mol. The number of carbonyl (C=O) groups is 1. The van der Waals surface area contributed by atoms with Crippen molar-refractivity contribution in [3.05, 3.63) is 78.4 Å². The van der Waals surface area contributed by atoms with Crippen LogP contribution < -0.4 is 10.5 Å². The Labute approximate surface area is 153 Å². The van der Waals surface area contributed by atoms with Crippen molar-refractivity contribution in [2.24, 2.45) is 5.73 Å². The first-order valence-electron chi connectivity index (χ1n) is 8.04. The molecule has 27 heavy (non-hydrogen) atoms. The van der Waals surface area contributed by atoms with Gasteiger partial charge in [-0.05, 0) is 48.5 Å². The number of carbonyl (C=O) groups excluding carboxylic acids is 1. The summed E-state index contributed by atoms with van der Waals surface area (Å²) in [7, 11) is 0. The maximum absolute atomic E-state index is 11.5. The molecule has 1 amide bonds. The summed E-state index contributed by atoms with van der Waals surface area (Å²) in [6.45, 7) is 0. The van der Waals surface area contributed by atoms with Crippen molar-refractivity contribution < 1.29 is 14.6 Å². The Morgan fingerprint density at radius 1 is 1.19 bits per heavy atom. The Hall–Kier alpha value is -3.78. The van der Waals surface area contributed by atoms with E-state index in [1.54, 1.807) is 42.6 Å². The van der Waals surface area contributed by atoms with E-state index in [4.69, 9.17) is 10.5 Å². The molecule has 0 aliphatic carbocycles. The van der Waals surface area contributed by atoms with Crippen LogP contribution in [-0.4, -0.2) is 30.6 Å². The molecule has 1 radical (unpaired) electrons. The van der Waals surface area contributed by atoms with E-state index in [9.17, 15) is 9.90 Å². The third-order valence-electron chi connectivity index (χ3n) is 4.01. The molecule has 8 heteroatoms. The van der Waals surface area contributed by atoms with Crippen molar-refractivity contribution in [3.63, 3.8) is 0 Å². The second kappa shape index (κ2) is 6.85. The highest BCUT2D eigenvalue weighted by Gasteiger charge is 2.14. The number of rotatable bonds is 5. The first kappa shape index (κ1) is 16.7. The van der Waals surface area contributed by atoms with Gasteiger partial charge in [0.15, 0.2) is 5.65 Å². The molecule has 0 saturated carbocycles. The van der Waals surface area contributed by atoms with Crippen LogP contribution in [0.5, 0.6) is 5.75 Å². The van der Waals surface area contributed by atoms with E-state index in [1.165, 1.54) is 10.7 Å². The van der Waals surface area contributed by atoms with E-state index in [1.807, 2.05) is 12.1 Å². The van der Waals surface area contributed by atoms with Gasteiger partial charge in [-0.1, -0.05) is 0 Å². The number of fused-ring (bicyclic) bond motifs is 1. The van der Waals surface area contributed by atoms with Crippen LogP contribution in [0.4, 0.5) is 0 Å². The lowest BCUT2D eigenvalue weighted by atomic mass is 10.1. The fourth-order valence-electron chi connectivity index (χ4n) is 2.69. The molecule has 1 atom stereocenters. The first-order chi connectivity index (χ1) is 13.1. The van der Waals surface area contributed by atoms with E-state index in [0.29, 0.717) is 22.7 Å². The summed E-state index contributed by atoms with van der Waals surface area (Å²) in [5, 5.41) is 14.2. The van der Waals surface area contributed by atoms with Gasteiger partial charge < -0.3 is 15.6 Å². The van der Waals surface area contributed by atoms with Crippen molar-refractivity contribution >= 4 is 11.6 Å². The minimum atomic E-state index is -1.11. The second-order valence-electron chi connectivity index (χ2n) is 5.72. The average molecular weight is 360 g/mol. The van der Waals surface area contributed by atoms with Gasteiger partial charge in [0, 0.05) is 23.5 Å². The Bertz CT molecular complexity index is 1090. The summed E-state index contributed by atoms with van der Waals surface area (Å²) >= 11 is 0. The van der Waals surface area contributed by atoms with Crippen LogP contribution in [0.3, 0.4) is 0 Å². The highest BCUT2D eigenvalue weighted by atomic mass is 16.6. The van der Waals surface area contributed by atoms with Gasteiger partial charge in [-0.25, -0.2) is 9.50 Å². The molecule has 4 aromatic rings. The van der Waals surface area contributed by atoms with E-state index in [2.05, 4.69) is 21.4 Å². The molecule has 0 fully saturated rings. The molecule has 8 nitrogen and oxygen atoms in total. The van der Waals surface area contributed by atoms with Crippen molar-refractivity contribution in [1.29, 1.82) is 0 Å².